The van der Waals surface area contributed by atoms with Crippen LogP contribution in [0.25, 0.3) is 10.9 Å². The number of carbonyl (C=O) groups is 1. The Morgan fingerprint density at radius 1 is 1.17 bits per heavy atom. The van der Waals surface area contributed by atoms with Gasteiger partial charge in [0.25, 0.3) is 5.91 Å². The summed E-state index contributed by atoms with van der Waals surface area (Å²) in [7, 11) is -3.34. The second kappa shape index (κ2) is 7.22. The Balaban J connectivity index is 1.57. The zero-order valence-electron chi connectivity index (χ0n) is 16.8. The summed E-state index contributed by atoms with van der Waals surface area (Å²) in [5.74, 6) is -0.203. The van der Waals surface area contributed by atoms with Gasteiger partial charge in [-0.25, -0.2) is 8.42 Å². The number of amides is 1. The number of aryl methyl sites for hydroxylation is 1. The Morgan fingerprint density at radius 2 is 1.97 bits per heavy atom. The first kappa shape index (κ1) is 19.5. The van der Waals surface area contributed by atoms with E-state index in [1.54, 1.807) is 18.2 Å². The van der Waals surface area contributed by atoms with Crippen molar-refractivity contribution >= 4 is 38.2 Å². The third kappa shape index (κ3) is 3.62. The second-order valence-corrected chi connectivity index (χ2v) is 9.55. The monoisotopic (exact) mass is 411 g/mol. The third-order valence-corrected chi connectivity index (χ3v) is 6.62. The molecule has 0 saturated heterocycles. The number of anilines is 2. The molecule has 1 aliphatic heterocycles. The van der Waals surface area contributed by atoms with Crippen LogP contribution in [0.1, 0.15) is 36.2 Å². The van der Waals surface area contributed by atoms with Crippen molar-refractivity contribution in [1.82, 2.24) is 4.57 Å². The molecule has 29 heavy (non-hydrogen) atoms. The quantitative estimate of drug-likeness (QED) is 0.689. The van der Waals surface area contributed by atoms with E-state index in [0.717, 1.165) is 35.1 Å². The molecule has 2 aromatic carbocycles. The molecule has 0 fully saturated rings. The lowest BCUT2D eigenvalue weighted by Gasteiger charge is -2.21. The van der Waals surface area contributed by atoms with Crippen LogP contribution in [0.15, 0.2) is 48.7 Å². The average Bonchev–Trinajstić information content (AvgIpc) is 3.20. The second-order valence-electron chi connectivity index (χ2n) is 7.69. The highest BCUT2D eigenvalue weighted by molar-refractivity contribution is 7.92. The minimum atomic E-state index is -3.34. The number of hydrogen-bond acceptors (Lipinski definition) is 3. The Kier molecular flexibility index (Phi) is 4.86. The molecule has 0 bridgehead atoms. The molecular formula is C22H25N3O3S. The Morgan fingerprint density at radius 3 is 2.69 bits per heavy atom. The van der Waals surface area contributed by atoms with E-state index in [4.69, 9.17) is 0 Å². The highest BCUT2D eigenvalue weighted by Gasteiger charge is 2.32. The highest BCUT2D eigenvalue weighted by Crippen LogP contribution is 2.35. The fraction of sp³-hybridized carbons (Fsp3) is 0.318. The predicted octanol–water partition coefficient (Wildman–Crippen LogP) is 4.01. The van der Waals surface area contributed by atoms with Crippen molar-refractivity contribution in [2.75, 3.05) is 15.9 Å². The molecule has 7 heteroatoms. The first-order valence-electron chi connectivity index (χ1n) is 9.80. The number of fused-ring (bicyclic) bond motifs is 2. The van der Waals surface area contributed by atoms with Crippen molar-refractivity contribution in [2.45, 2.75) is 39.3 Å². The summed E-state index contributed by atoms with van der Waals surface area (Å²) in [6.45, 7) is 4.99. The minimum absolute atomic E-state index is 0.145. The molecule has 0 spiro atoms. The van der Waals surface area contributed by atoms with Gasteiger partial charge >= 0.3 is 0 Å². The topological polar surface area (TPSA) is 71.4 Å². The van der Waals surface area contributed by atoms with Crippen molar-refractivity contribution in [2.24, 2.45) is 0 Å². The zero-order chi connectivity index (χ0) is 20.8. The molecule has 1 amide bonds. The van der Waals surface area contributed by atoms with Gasteiger partial charge in [-0.3, -0.25) is 9.10 Å². The molecule has 4 rings (SSSR count). The van der Waals surface area contributed by atoms with E-state index >= 15 is 0 Å². The van der Waals surface area contributed by atoms with E-state index in [1.807, 2.05) is 25.1 Å². The highest BCUT2D eigenvalue weighted by atomic mass is 32.2. The SMILES string of the molecule is CCCn1ccc2cc(NC(=O)c3ccc4c(c3)C[C@@H](C)N4S(C)(=O)=O)ccc21. The van der Waals surface area contributed by atoms with Gasteiger partial charge in [0.1, 0.15) is 0 Å². The Labute approximate surface area is 171 Å². The average molecular weight is 412 g/mol. The van der Waals surface area contributed by atoms with Crippen LogP contribution >= 0.6 is 0 Å². The number of carbonyl (C=O) groups excluding carboxylic acids is 1. The van der Waals surface area contributed by atoms with Crippen molar-refractivity contribution in [3.8, 4) is 0 Å². The van der Waals surface area contributed by atoms with Gasteiger partial charge in [-0.15, -0.1) is 0 Å². The summed E-state index contributed by atoms with van der Waals surface area (Å²) in [6.07, 6.45) is 4.94. The van der Waals surface area contributed by atoms with Crippen molar-refractivity contribution in [1.29, 1.82) is 0 Å². The Bertz CT molecular complexity index is 1200. The lowest BCUT2D eigenvalue weighted by atomic mass is 10.1. The van der Waals surface area contributed by atoms with Crippen molar-refractivity contribution < 1.29 is 13.2 Å². The van der Waals surface area contributed by atoms with Gasteiger partial charge in [0.05, 0.1) is 11.9 Å². The number of aromatic nitrogens is 1. The van der Waals surface area contributed by atoms with E-state index in [2.05, 4.69) is 29.1 Å². The largest absolute Gasteiger partial charge is 0.347 e. The Hall–Kier alpha value is -2.80. The molecule has 2 heterocycles. The molecule has 0 unspecified atom stereocenters. The summed E-state index contributed by atoms with van der Waals surface area (Å²) in [4.78, 5) is 12.8. The summed E-state index contributed by atoms with van der Waals surface area (Å²) < 4.78 is 27.8. The maximum Gasteiger partial charge on any atom is 0.255 e. The summed E-state index contributed by atoms with van der Waals surface area (Å²) >= 11 is 0. The third-order valence-electron chi connectivity index (χ3n) is 5.35. The van der Waals surface area contributed by atoms with Crippen LogP contribution < -0.4 is 9.62 Å². The van der Waals surface area contributed by atoms with Gasteiger partial charge in [0.2, 0.25) is 10.0 Å². The number of hydrogen-bond donors (Lipinski definition) is 1. The van der Waals surface area contributed by atoms with E-state index in [0.29, 0.717) is 17.7 Å². The van der Waals surface area contributed by atoms with Crippen LogP contribution in [-0.2, 0) is 23.0 Å². The van der Waals surface area contributed by atoms with E-state index < -0.39 is 10.0 Å². The first-order valence-corrected chi connectivity index (χ1v) is 11.7. The predicted molar refractivity (Wildman–Crippen MR) is 117 cm³/mol. The molecule has 0 radical (unpaired) electrons. The number of sulfonamides is 1. The maximum absolute atomic E-state index is 12.8. The molecule has 0 saturated carbocycles. The van der Waals surface area contributed by atoms with Gasteiger partial charge < -0.3 is 9.88 Å². The first-order chi connectivity index (χ1) is 13.8. The smallest absolute Gasteiger partial charge is 0.255 e. The van der Waals surface area contributed by atoms with Crippen LogP contribution in [0.5, 0.6) is 0 Å². The van der Waals surface area contributed by atoms with Crippen LogP contribution in [-0.4, -0.2) is 31.2 Å². The number of nitrogens with zero attached hydrogens (tertiary/aromatic N) is 2. The van der Waals surface area contributed by atoms with E-state index in [9.17, 15) is 13.2 Å². The lowest BCUT2D eigenvalue weighted by molar-refractivity contribution is 0.102. The fourth-order valence-electron chi connectivity index (χ4n) is 4.17. The molecule has 0 aliphatic carbocycles. The van der Waals surface area contributed by atoms with Crippen LogP contribution in [0.3, 0.4) is 0 Å². The van der Waals surface area contributed by atoms with Crippen molar-refractivity contribution in [3.05, 3.63) is 59.8 Å². The summed E-state index contributed by atoms with van der Waals surface area (Å²) in [5, 5.41) is 4.04. The molecule has 1 N–H and O–H groups in total. The van der Waals surface area contributed by atoms with E-state index in [1.165, 1.54) is 10.6 Å². The molecule has 1 aromatic heterocycles. The summed E-state index contributed by atoms with van der Waals surface area (Å²) in [6, 6.07) is 13.0. The fourth-order valence-corrected chi connectivity index (χ4v) is 5.43. The lowest BCUT2D eigenvalue weighted by Crippen LogP contribution is -2.34. The van der Waals surface area contributed by atoms with Gasteiger partial charge in [-0.1, -0.05) is 6.92 Å². The molecular weight excluding hydrogens is 386 g/mol. The maximum atomic E-state index is 12.8. The summed E-state index contributed by atoms with van der Waals surface area (Å²) in [5.41, 5.74) is 3.95. The van der Waals surface area contributed by atoms with Gasteiger partial charge in [-0.2, -0.15) is 0 Å². The van der Waals surface area contributed by atoms with Gasteiger partial charge in [-0.05, 0) is 67.8 Å². The number of nitrogens with one attached hydrogen (secondary N) is 1. The van der Waals surface area contributed by atoms with Gasteiger partial charge in [0.15, 0.2) is 0 Å². The van der Waals surface area contributed by atoms with Crippen LogP contribution in [0, 0.1) is 0 Å². The minimum Gasteiger partial charge on any atom is -0.347 e. The normalized spacial score (nSPS) is 16.2. The molecule has 6 nitrogen and oxygen atoms in total. The van der Waals surface area contributed by atoms with Gasteiger partial charge in [0, 0.05) is 40.9 Å². The number of rotatable bonds is 5. The molecule has 3 aromatic rings. The molecule has 152 valence electrons. The number of benzene rings is 2. The van der Waals surface area contributed by atoms with Crippen molar-refractivity contribution in [3.63, 3.8) is 0 Å². The molecule has 1 atom stereocenters. The standard InChI is InChI=1S/C22H25N3O3S/c1-4-10-24-11-9-16-14-19(6-8-20(16)24)23-22(26)17-5-7-21-18(13-17)12-15(2)25(21)29(3,27)28/h5-9,11,13-15H,4,10,12H2,1-3H3,(H,23,26)/t15-/m1/s1. The van der Waals surface area contributed by atoms with Crippen LogP contribution in [0.2, 0.25) is 0 Å². The molecule has 1 aliphatic rings. The zero-order valence-corrected chi connectivity index (χ0v) is 17.7. The van der Waals surface area contributed by atoms with E-state index in [-0.39, 0.29) is 11.9 Å². The van der Waals surface area contributed by atoms with Crippen LogP contribution in [0.4, 0.5) is 11.4 Å².